The molecular formula is C25H21FeO2P+2. The molecule has 0 amide bonds. The minimum Gasteiger partial charge on any atom is -0.214 e. The van der Waals surface area contributed by atoms with E-state index >= 15 is 0 Å². The van der Waals surface area contributed by atoms with Crippen LogP contribution in [0, 0.1) is 13.3 Å². The second-order valence-electron chi connectivity index (χ2n) is 5.44. The molecule has 0 unspecified atom stereocenters. The molecule has 0 fully saturated rings. The minimum absolute atomic E-state index is 0. The summed E-state index contributed by atoms with van der Waals surface area (Å²) in [6, 6.07) is 42.5. The zero-order valence-corrected chi connectivity index (χ0v) is 17.8. The topological polar surface area (TPSA) is 39.8 Å². The summed E-state index contributed by atoms with van der Waals surface area (Å²) in [6.07, 6.45) is 0. The molecule has 0 heterocycles. The third kappa shape index (κ3) is 9.46. The van der Waals surface area contributed by atoms with E-state index in [-0.39, 0.29) is 17.1 Å². The quantitative estimate of drug-likeness (QED) is 0.195. The molecule has 0 N–H and O–H groups in total. The van der Waals surface area contributed by atoms with Crippen molar-refractivity contribution in [2.24, 2.45) is 0 Å². The smallest absolute Gasteiger partial charge is 0.214 e. The zero-order chi connectivity index (χ0) is 20.5. The molecule has 0 aliphatic carbocycles. The van der Waals surface area contributed by atoms with E-state index in [0.29, 0.717) is 0 Å². The van der Waals surface area contributed by atoms with E-state index < -0.39 is 7.92 Å². The van der Waals surface area contributed by atoms with Gasteiger partial charge < -0.3 is 0 Å². The van der Waals surface area contributed by atoms with Gasteiger partial charge in [-0.2, -0.15) is 18.2 Å². The molecule has 144 valence electrons. The van der Waals surface area contributed by atoms with Gasteiger partial charge in [-0.3, -0.25) is 0 Å². The molecule has 0 saturated heterocycles. The predicted molar refractivity (Wildman–Crippen MR) is 116 cm³/mol. The van der Waals surface area contributed by atoms with E-state index in [1.165, 1.54) is 15.9 Å². The Bertz CT molecular complexity index is 773. The van der Waals surface area contributed by atoms with E-state index in [2.05, 4.69) is 104 Å². The van der Waals surface area contributed by atoms with Crippen molar-refractivity contribution in [1.29, 1.82) is 0 Å². The number of rotatable bonds is 3. The van der Waals surface area contributed by atoms with Gasteiger partial charge in [0, 0.05) is 0 Å². The van der Waals surface area contributed by atoms with Crippen LogP contribution in [0.25, 0.3) is 0 Å². The SMILES string of the molecule is [C-]#[O+].[C-]#[O+].[Fe+2].c1cc[cH-]c1.c1ccc([PH+](c2ccccc2)c2ccccc2)cc1. The average molecular weight is 440 g/mol. The summed E-state index contributed by atoms with van der Waals surface area (Å²) in [5, 5.41) is 4.31. The van der Waals surface area contributed by atoms with Gasteiger partial charge in [0.1, 0.15) is 15.9 Å². The minimum atomic E-state index is -0.877. The van der Waals surface area contributed by atoms with Gasteiger partial charge in [0.2, 0.25) is 0 Å². The fourth-order valence-electron chi connectivity index (χ4n) is 2.64. The number of benzene rings is 3. The van der Waals surface area contributed by atoms with Crippen LogP contribution in [0.3, 0.4) is 0 Å². The molecule has 0 bridgehead atoms. The Kier molecular flexibility index (Phi) is 16.0. The summed E-state index contributed by atoms with van der Waals surface area (Å²) >= 11 is 0. The van der Waals surface area contributed by atoms with Gasteiger partial charge in [-0.25, -0.2) is 12.1 Å². The molecule has 2 nitrogen and oxygen atoms in total. The van der Waals surface area contributed by atoms with E-state index in [4.69, 9.17) is 9.30 Å². The number of hydrogen-bond acceptors (Lipinski definition) is 0. The normalized spacial score (nSPS) is 8.45. The molecule has 0 spiro atoms. The molecule has 4 aromatic carbocycles. The molecule has 0 radical (unpaired) electrons. The molecule has 4 rings (SSSR count). The van der Waals surface area contributed by atoms with E-state index in [1.54, 1.807) is 0 Å². The Morgan fingerprint density at radius 3 is 0.966 bits per heavy atom. The Morgan fingerprint density at radius 1 is 0.483 bits per heavy atom. The van der Waals surface area contributed by atoms with Gasteiger partial charge in [-0.05, 0) is 36.4 Å². The van der Waals surface area contributed by atoms with Crippen molar-refractivity contribution >= 4 is 23.8 Å². The van der Waals surface area contributed by atoms with Crippen molar-refractivity contribution in [1.82, 2.24) is 0 Å². The van der Waals surface area contributed by atoms with Crippen LogP contribution in [0.2, 0.25) is 0 Å². The van der Waals surface area contributed by atoms with Gasteiger partial charge >= 0.3 is 39.7 Å². The van der Waals surface area contributed by atoms with Crippen molar-refractivity contribution in [3.05, 3.63) is 135 Å². The van der Waals surface area contributed by atoms with Gasteiger partial charge in [-0.15, -0.1) is 0 Å². The van der Waals surface area contributed by atoms with Crippen molar-refractivity contribution in [3.63, 3.8) is 0 Å². The van der Waals surface area contributed by atoms with Crippen LogP contribution in [0.15, 0.2) is 121 Å². The zero-order valence-electron chi connectivity index (χ0n) is 15.7. The van der Waals surface area contributed by atoms with Gasteiger partial charge in [0.15, 0.2) is 0 Å². The summed E-state index contributed by atoms with van der Waals surface area (Å²) in [5.41, 5.74) is 0. The maximum Gasteiger partial charge on any atom is 2.00 e. The molecule has 0 saturated carbocycles. The first-order chi connectivity index (χ1) is 13.9. The molecule has 4 heteroatoms. The Balaban J connectivity index is 0.000000667. The molecule has 0 atom stereocenters. The first kappa shape index (κ1) is 26.4. The monoisotopic (exact) mass is 440 g/mol. The Hall–Kier alpha value is -2.56. The van der Waals surface area contributed by atoms with Crippen LogP contribution in [0.4, 0.5) is 0 Å². The van der Waals surface area contributed by atoms with Crippen LogP contribution in [0.5, 0.6) is 0 Å². The van der Waals surface area contributed by atoms with Crippen LogP contribution in [-0.2, 0) is 26.4 Å². The van der Waals surface area contributed by atoms with E-state index in [0.717, 1.165) is 0 Å². The fourth-order valence-corrected chi connectivity index (χ4v) is 5.21. The maximum absolute atomic E-state index is 7.50. The largest absolute Gasteiger partial charge is 2.00 e. The van der Waals surface area contributed by atoms with Gasteiger partial charge in [0.05, 0.1) is 7.92 Å². The first-order valence-electron chi connectivity index (χ1n) is 8.56. The summed E-state index contributed by atoms with van der Waals surface area (Å²) < 4.78 is 15.0. The van der Waals surface area contributed by atoms with Crippen LogP contribution in [0.1, 0.15) is 0 Å². The molecule has 29 heavy (non-hydrogen) atoms. The van der Waals surface area contributed by atoms with Crippen molar-refractivity contribution in [2.45, 2.75) is 0 Å². The van der Waals surface area contributed by atoms with Gasteiger partial charge in [-0.1, -0.05) is 54.6 Å². The Morgan fingerprint density at radius 2 is 0.759 bits per heavy atom. The van der Waals surface area contributed by atoms with E-state index in [1.807, 2.05) is 30.3 Å². The Labute approximate surface area is 184 Å². The van der Waals surface area contributed by atoms with Gasteiger partial charge in [0.25, 0.3) is 0 Å². The van der Waals surface area contributed by atoms with Crippen molar-refractivity contribution < 1.29 is 26.4 Å². The van der Waals surface area contributed by atoms with E-state index in [9.17, 15) is 0 Å². The molecule has 0 aromatic heterocycles. The summed E-state index contributed by atoms with van der Waals surface area (Å²) in [7, 11) is -0.877. The third-order valence-corrected chi connectivity index (χ3v) is 6.47. The average Bonchev–Trinajstić information content (AvgIpc) is 3.39. The molecule has 0 aliphatic heterocycles. The van der Waals surface area contributed by atoms with Crippen molar-refractivity contribution in [2.75, 3.05) is 0 Å². The predicted octanol–water partition coefficient (Wildman–Crippen LogP) is 4.51. The second kappa shape index (κ2) is 17.5. The second-order valence-corrected chi connectivity index (χ2v) is 7.92. The first-order valence-corrected chi connectivity index (χ1v) is 10.1. The summed E-state index contributed by atoms with van der Waals surface area (Å²) in [5.74, 6) is 0. The van der Waals surface area contributed by atoms with Crippen molar-refractivity contribution in [3.8, 4) is 0 Å². The van der Waals surface area contributed by atoms with Crippen LogP contribution in [-0.4, -0.2) is 0 Å². The molecule has 4 aromatic rings. The maximum atomic E-state index is 7.50. The number of hydrogen-bond donors (Lipinski definition) is 0. The molecular weight excluding hydrogens is 419 g/mol. The van der Waals surface area contributed by atoms with Crippen LogP contribution >= 0.6 is 7.92 Å². The molecule has 0 aliphatic rings. The summed E-state index contributed by atoms with van der Waals surface area (Å²) in [6.45, 7) is 9.00. The van der Waals surface area contributed by atoms with Crippen LogP contribution < -0.4 is 15.9 Å². The fraction of sp³-hybridized carbons (Fsp3) is 0. The standard InChI is InChI=1S/C18H15P.C5H5.2CO.Fe/c1-4-10-16(11-5-1)19(17-12-6-2-7-13-17)18-14-8-3-9-15-18;1-2-4-5-3-1;2*1-2;/h1-15H;1-5H;;;/q;-1;;;+2/p+1. The third-order valence-electron chi connectivity index (χ3n) is 3.74. The summed E-state index contributed by atoms with van der Waals surface area (Å²) in [4.78, 5) is 0.